The second-order valence-electron chi connectivity index (χ2n) is 7.81. The van der Waals surface area contributed by atoms with E-state index in [1.165, 1.54) is 23.9 Å². The minimum atomic E-state index is -0.308. The molecule has 10 heteroatoms. The Bertz CT molecular complexity index is 1130. The molecule has 2 aliphatic heterocycles. The molecule has 2 aromatic carbocycles. The van der Waals surface area contributed by atoms with Crippen LogP contribution >= 0.6 is 11.8 Å². The lowest BCUT2D eigenvalue weighted by molar-refractivity contribution is -0.118. The Kier molecular flexibility index (Phi) is 6.45. The van der Waals surface area contributed by atoms with Gasteiger partial charge in [-0.25, -0.2) is 4.39 Å². The van der Waals surface area contributed by atoms with Gasteiger partial charge in [-0.05, 0) is 54.8 Å². The maximum Gasteiger partial charge on any atom is 0.231 e. The maximum atomic E-state index is 13.4. The van der Waals surface area contributed by atoms with Gasteiger partial charge >= 0.3 is 0 Å². The fraction of sp³-hybridized carbons (Fsp3) is 0.348. The van der Waals surface area contributed by atoms with E-state index in [0.717, 1.165) is 30.6 Å². The molecular formula is C23H23FN4O4S. The molecule has 1 amide bonds. The van der Waals surface area contributed by atoms with E-state index in [-0.39, 0.29) is 30.4 Å². The molecule has 1 N–H and O–H groups in total. The number of hydrogen-bond donors (Lipinski definition) is 1. The molecule has 0 bridgehead atoms. The molecule has 172 valence electrons. The van der Waals surface area contributed by atoms with E-state index >= 15 is 0 Å². The van der Waals surface area contributed by atoms with Gasteiger partial charge in [-0.2, -0.15) is 0 Å². The molecule has 0 radical (unpaired) electrons. The summed E-state index contributed by atoms with van der Waals surface area (Å²) in [6.45, 7) is 1.93. The average molecular weight is 471 g/mol. The van der Waals surface area contributed by atoms with Gasteiger partial charge in [-0.1, -0.05) is 17.8 Å². The first-order chi connectivity index (χ1) is 16.2. The third-order valence-corrected chi connectivity index (χ3v) is 6.46. The predicted molar refractivity (Wildman–Crippen MR) is 120 cm³/mol. The molecule has 8 nitrogen and oxygen atoms in total. The van der Waals surface area contributed by atoms with Crippen LogP contribution in [0.5, 0.6) is 11.5 Å². The number of aromatic nitrogens is 3. The Balaban J connectivity index is 1.24. The number of halogens is 1. The van der Waals surface area contributed by atoms with E-state index in [4.69, 9.17) is 14.2 Å². The van der Waals surface area contributed by atoms with Crippen molar-refractivity contribution in [1.82, 2.24) is 20.1 Å². The Morgan fingerprint density at radius 1 is 1.15 bits per heavy atom. The smallest absolute Gasteiger partial charge is 0.231 e. The number of nitrogens with one attached hydrogen (secondary N) is 1. The van der Waals surface area contributed by atoms with Crippen molar-refractivity contribution in [2.45, 2.75) is 37.2 Å². The number of rotatable bonds is 8. The lowest BCUT2D eigenvalue weighted by atomic mass is 10.2. The van der Waals surface area contributed by atoms with E-state index in [0.29, 0.717) is 35.6 Å². The van der Waals surface area contributed by atoms with Crippen molar-refractivity contribution < 1.29 is 23.4 Å². The minimum Gasteiger partial charge on any atom is -0.454 e. The molecule has 1 unspecified atom stereocenters. The van der Waals surface area contributed by atoms with Gasteiger partial charge in [0.2, 0.25) is 12.7 Å². The fourth-order valence-corrected chi connectivity index (χ4v) is 4.57. The summed E-state index contributed by atoms with van der Waals surface area (Å²) in [4.78, 5) is 12.5. The zero-order chi connectivity index (χ0) is 22.6. The van der Waals surface area contributed by atoms with Crippen LogP contribution in [0, 0.1) is 5.82 Å². The molecule has 1 aromatic heterocycles. The highest BCUT2D eigenvalue weighted by Crippen LogP contribution is 2.32. The molecule has 2 aliphatic rings. The molecule has 0 spiro atoms. The van der Waals surface area contributed by atoms with Gasteiger partial charge < -0.3 is 19.5 Å². The fourth-order valence-electron chi connectivity index (χ4n) is 3.80. The molecule has 3 aromatic rings. The van der Waals surface area contributed by atoms with Crippen molar-refractivity contribution in [3.05, 3.63) is 53.8 Å². The Labute approximate surface area is 194 Å². The summed E-state index contributed by atoms with van der Waals surface area (Å²) in [5.41, 5.74) is 1.69. The van der Waals surface area contributed by atoms with Gasteiger partial charge in [0.1, 0.15) is 5.82 Å². The quantitative estimate of drug-likeness (QED) is 0.505. The average Bonchev–Trinajstić information content (AvgIpc) is 3.58. The molecule has 5 rings (SSSR count). The first-order valence-corrected chi connectivity index (χ1v) is 11.7. The SMILES string of the molecule is O=C(CSc1nnc(-c2ccc(F)cc2)n1CC1CCCO1)NCc1ccc2c(c1)OCO2. The summed E-state index contributed by atoms with van der Waals surface area (Å²) in [6.07, 6.45) is 2.05. The summed E-state index contributed by atoms with van der Waals surface area (Å²) in [5, 5.41) is 12.2. The van der Waals surface area contributed by atoms with Crippen molar-refractivity contribution in [2.75, 3.05) is 19.2 Å². The van der Waals surface area contributed by atoms with Gasteiger partial charge in [0, 0.05) is 18.7 Å². The van der Waals surface area contributed by atoms with E-state index in [1.54, 1.807) is 12.1 Å². The van der Waals surface area contributed by atoms with Crippen molar-refractivity contribution in [3.63, 3.8) is 0 Å². The van der Waals surface area contributed by atoms with Crippen LogP contribution in [0.1, 0.15) is 18.4 Å². The number of fused-ring (bicyclic) bond motifs is 1. The van der Waals surface area contributed by atoms with Crippen LogP contribution in [-0.2, 0) is 22.6 Å². The summed E-state index contributed by atoms with van der Waals surface area (Å²) < 4.78 is 31.8. The zero-order valence-electron chi connectivity index (χ0n) is 17.8. The standard InChI is InChI=1S/C23H23FN4O4S/c24-17-6-4-16(5-7-17)22-26-27-23(28(22)12-18-2-1-9-30-18)33-13-21(29)25-11-15-3-8-19-20(10-15)32-14-31-19/h3-8,10,18H,1-2,9,11-14H2,(H,25,29). The van der Waals surface area contributed by atoms with Crippen molar-refractivity contribution in [2.24, 2.45) is 0 Å². The molecule has 1 saturated heterocycles. The first kappa shape index (κ1) is 21.7. The highest BCUT2D eigenvalue weighted by molar-refractivity contribution is 7.99. The molecule has 33 heavy (non-hydrogen) atoms. The minimum absolute atomic E-state index is 0.0689. The molecule has 0 aliphatic carbocycles. The second-order valence-corrected chi connectivity index (χ2v) is 8.75. The summed E-state index contributed by atoms with van der Waals surface area (Å²) in [7, 11) is 0. The highest BCUT2D eigenvalue weighted by Gasteiger charge is 2.22. The van der Waals surface area contributed by atoms with Crippen molar-refractivity contribution in [3.8, 4) is 22.9 Å². The molecule has 3 heterocycles. The number of nitrogens with zero attached hydrogens (tertiary/aromatic N) is 3. The van der Waals surface area contributed by atoms with Gasteiger partial charge in [0.05, 0.1) is 18.4 Å². The number of thioether (sulfide) groups is 1. The lowest BCUT2D eigenvalue weighted by Gasteiger charge is -2.14. The van der Waals surface area contributed by atoms with Gasteiger partial charge in [-0.3, -0.25) is 9.36 Å². The monoisotopic (exact) mass is 470 g/mol. The van der Waals surface area contributed by atoms with Gasteiger partial charge in [0.15, 0.2) is 22.5 Å². The van der Waals surface area contributed by atoms with Crippen LogP contribution in [0.25, 0.3) is 11.4 Å². The van der Waals surface area contributed by atoms with E-state index in [9.17, 15) is 9.18 Å². The first-order valence-electron chi connectivity index (χ1n) is 10.7. The Hall–Kier alpha value is -3.11. The third-order valence-electron chi connectivity index (χ3n) is 5.49. The van der Waals surface area contributed by atoms with Crippen LogP contribution in [0.2, 0.25) is 0 Å². The van der Waals surface area contributed by atoms with E-state index in [1.807, 2.05) is 22.8 Å². The Morgan fingerprint density at radius 3 is 2.82 bits per heavy atom. The summed E-state index contributed by atoms with van der Waals surface area (Å²) in [6, 6.07) is 11.8. The van der Waals surface area contributed by atoms with E-state index < -0.39 is 0 Å². The lowest BCUT2D eigenvalue weighted by Crippen LogP contribution is -2.25. The summed E-state index contributed by atoms with van der Waals surface area (Å²) >= 11 is 1.32. The normalized spacial score (nSPS) is 16.8. The van der Waals surface area contributed by atoms with Crippen LogP contribution < -0.4 is 14.8 Å². The van der Waals surface area contributed by atoms with Crippen LogP contribution in [0.3, 0.4) is 0 Å². The topological polar surface area (TPSA) is 87.5 Å². The predicted octanol–water partition coefficient (Wildman–Crippen LogP) is 3.40. The van der Waals surface area contributed by atoms with Crippen LogP contribution in [-0.4, -0.2) is 45.9 Å². The number of ether oxygens (including phenoxy) is 3. The molecular weight excluding hydrogens is 447 g/mol. The molecule has 0 saturated carbocycles. The number of hydrogen-bond acceptors (Lipinski definition) is 7. The van der Waals surface area contributed by atoms with Crippen LogP contribution in [0.15, 0.2) is 47.6 Å². The number of amides is 1. The number of carbonyl (C=O) groups is 1. The third kappa shape index (κ3) is 5.12. The van der Waals surface area contributed by atoms with Crippen molar-refractivity contribution >= 4 is 17.7 Å². The Morgan fingerprint density at radius 2 is 2.00 bits per heavy atom. The van der Waals surface area contributed by atoms with Gasteiger partial charge in [0.25, 0.3) is 0 Å². The molecule has 1 fully saturated rings. The van der Waals surface area contributed by atoms with Gasteiger partial charge in [-0.15, -0.1) is 10.2 Å². The highest BCUT2D eigenvalue weighted by atomic mass is 32.2. The zero-order valence-corrected chi connectivity index (χ0v) is 18.6. The number of carbonyl (C=O) groups excluding carboxylic acids is 1. The molecule has 1 atom stereocenters. The summed E-state index contributed by atoms with van der Waals surface area (Å²) in [5.74, 6) is 1.80. The second kappa shape index (κ2) is 9.80. The van der Waals surface area contributed by atoms with E-state index in [2.05, 4.69) is 15.5 Å². The maximum absolute atomic E-state index is 13.4. The van der Waals surface area contributed by atoms with Crippen LogP contribution in [0.4, 0.5) is 4.39 Å². The van der Waals surface area contributed by atoms with Crippen molar-refractivity contribution in [1.29, 1.82) is 0 Å². The largest absolute Gasteiger partial charge is 0.454 e. The number of benzene rings is 2.